The van der Waals surface area contributed by atoms with E-state index in [2.05, 4.69) is 15.0 Å². The highest BCUT2D eigenvalue weighted by molar-refractivity contribution is 7.88. The second kappa shape index (κ2) is 6.39. The number of nitrogen functional groups attached to an aromatic ring is 1. The Kier molecular flexibility index (Phi) is 4.78. The zero-order valence-electron chi connectivity index (χ0n) is 12.2. The van der Waals surface area contributed by atoms with E-state index in [1.807, 2.05) is 11.8 Å². The summed E-state index contributed by atoms with van der Waals surface area (Å²) in [4.78, 5) is 14.1. The van der Waals surface area contributed by atoms with Gasteiger partial charge in [0.05, 0.1) is 12.9 Å². The predicted octanol–water partition coefficient (Wildman–Crippen LogP) is -0.676. The number of nitrogens with two attached hydrogens (primary N) is 1. The van der Waals surface area contributed by atoms with Crippen LogP contribution in [0.2, 0.25) is 0 Å². The number of anilines is 2. The molecular weight excluding hydrogens is 296 g/mol. The van der Waals surface area contributed by atoms with Crippen molar-refractivity contribution < 1.29 is 13.2 Å². The van der Waals surface area contributed by atoms with Crippen LogP contribution in [0.15, 0.2) is 0 Å². The number of ether oxygens (including phenoxy) is 1. The fourth-order valence-corrected chi connectivity index (χ4v) is 2.81. The zero-order valence-corrected chi connectivity index (χ0v) is 13.0. The van der Waals surface area contributed by atoms with Crippen LogP contribution in [-0.4, -0.2) is 66.7 Å². The number of sulfonamides is 1. The molecule has 1 aliphatic rings. The molecule has 0 saturated carbocycles. The van der Waals surface area contributed by atoms with Crippen LogP contribution in [0.4, 0.5) is 11.9 Å². The number of hydrogen-bond acceptors (Lipinski definition) is 8. The third-order valence-electron chi connectivity index (χ3n) is 3.05. The lowest BCUT2D eigenvalue weighted by atomic mass is 10.4. The van der Waals surface area contributed by atoms with Crippen molar-refractivity contribution >= 4 is 21.9 Å². The maximum Gasteiger partial charge on any atom is 0.323 e. The van der Waals surface area contributed by atoms with E-state index < -0.39 is 10.0 Å². The molecule has 0 aliphatic carbocycles. The van der Waals surface area contributed by atoms with Gasteiger partial charge in [0.15, 0.2) is 0 Å². The summed E-state index contributed by atoms with van der Waals surface area (Å²) < 4.78 is 29.8. The number of hydrogen-bond donors (Lipinski definition) is 1. The topological polar surface area (TPSA) is 115 Å². The molecule has 2 heterocycles. The zero-order chi connectivity index (χ0) is 15.5. The molecule has 0 aromatic carbocycles. The van der Waals surface area contributed by atoms with Crippen molar-refractivity contribution in [1.29, 1.82) is 0 Å². The second-order valence-corrected chi connectivity index (χ2v) is 6.76. The fourth-order valence-electron chi connectivity index (χ4n) is 1.98. The Labute approximate surface area is 124 Å². The molecule has 21 heavy (non-hydrogen) atoms. The van der Waals surface area contributed by atoms with Crippen molar-refractivity contribution in [2.75, 3.05) is 49.7 Å². The maximum atomic E-state index is 11.5. The van der Waals surface area contributed by atoms with Crippen LogP contribution in [0.5, 0.6) is 6.01 Å². The average molecular weight is 316 g/mol. The quantitative estimate of drug-likeness (QED) is 0.760. The molecule has 0 bridgehead atoms. The maximum absolute atomic E-state index is 11.5. The summed E-state index contributed by atoms with van der Waals surface area (Å²) >= 11 is 0. The first kappa shape index (κ1) is 15.7. The molecule has 9 nitrogen and oxygen atoms in total. The number of aromatic nitrogens is 3. The monoisotopic (exact) mass is 316 g/mol. The number of rotatable bonds is 5. The van der Waals surface area contributed by atoms with Gasteiger partial charge in [-0.05, 0) is 6.42 Å². The van der Waals surface area contributed by atoms with Crippen molar-refractivity contribution in [3.05, 3.63) is 0 Å². The van der Waals surface area contributed by atoms with Crippen molar-refractivity contribution in [3.63, 3.8) is 0 Å². The van der Waals surface area contributed by atoms with E-state index in [4.69, 9.17) is 10.5 Å². The Balaban J connectivity index is 2.07. The summed E-state index contributed by atoms with van der Waals surface area (Å²) in [6.07, 6.45) is 2.05. The first-order chi connectivity index (χ1) is 9.90. The van der Waals surface area contributed by atoms with E-state index in [0.717, 1.165) is 6.42 Å². The van der Waals surface area contributed by atoms with Gasteiger partial charge in [0.1, 0.15) is 0 Å². The Hall–Kier alpha value is -1.68. The van der Waals surface area contributed by atoms with Gasteiger partial charge in [-0.2, -0.15) is 19.3 Å². The van der Waals surface area contributed by atoms with Gasteiger partial charge in [-0.15, -0.1) is 0 Å². The second-order valence-electron chi connectivity index (χ2n) is 4.77. The van der Waals surface area contributed by atoms with E-state index in [9.17, 15) is 8.42 Å². The summed E-state index contributed by atoms with van der Waals surface area (Å²) in [5.74, 6) is 0.512. The molecule has 0 atom stereocenters. The standard InChI is InChI=1S/C11H20N6O3S/c1-3-8-20-11-14-9(12)13-10(15-11)16-4-6-17(7-5-16)21(2,18)19/h3-8H2,1-2H3,(H2,12,13,14,15). The minimum absolute atomic E-state index is 0.0941. The highest BCUT2D eigenvalue weighted by Gasteiger charge is 2.25. The first-order valence-electron chi connectivity index (χ1n) is 6.74. The van der Waals surface area contributed by atoms with Gasteiger partial charge in [0, 0.05) is 26.2 Å². The third-order valence-corrected chi connectivity index (χ3v) is 4.35. The molecule has 0 radical (unpaired) electrons. The lowest BCUT2D eigenvalue weighted by Crippen LogP contribution is -2.48. The van der Waals surface area contributed by atoms with Gasteiger partial charge in [0.2, 0.25) is 21.9 Å². The summed E-state index contributed by atoms with van der Waals surface area (Å²) in [5.41, 5.74) is 5.66. The van der Waals surface area contributed by atoms with Crippen LogP contribution in [0, 0.1) is 0 Å². The Morgan fingerprint density at radius 1 is 1.19 bits per heavy atom. The van der Waals surface area contributed by atoms with E-state index in [1.54, 1.807) is 0 Å². The molecule has 10 heteroatoms. The van der Waals surface area contributed by atoms with Crippen LogP contribution in [-0.2, 0) is 10.0 Å². The van der Waals surface area contributed by atoms with Crippen LogP contribution < -0.4 is 15.4 Å². The van der Waals surface area contributed by atoms with Crippen LogP contribution >= 0.6 is 0 Å². The lowest BCUT2D eigenvalue weighted by Gasteiger charge is -2.33. The highest BCUT2D eigenvalue weighted by Crippen LogP contribution is 2.16. The lowest BCUT2D eigenvalue weighted by molar-refractivity contribution is 0.291. The van der Waals surface area contributed by atoms with E-state index in [1.165, 1.54) is 10.6 Å². The molecule has 0 unspecified atom stereocenters. The van der Waals surface area contributed by atoms with Crippen molar-refractivity contribution in [2.24, 2.45) is 0 Å². The normalized spacial score (nSPS) is 17.0. The Morgan fingerprint density at radius 3 is 2.43 bits per heavy atom. The predicted molar refractivity (Wildman–Crippen MR) is 78.7 cm³/mol. The van der Waals surface area contributed by atoms with Crippen molar-refractivity contribution in [2.45, 2.75) is 13.3 Å². The molecular formula is C11H20N6O3S. The minimum atomic E-state index is -3.16. The van der Waals surface area contributed by atoms with Gasteiger partial charge in [-0.1, -0.05) is 6.92 Å². The molecule has 1 aromatic rings. The van der Waals surface area contributed by atoms with Crippen LogP contribution in [0.3, 0.4) is 0 Å². The molecule has 0 amide bonds. The fraction of sp³-hybridized carbons (Fsp3) is 0.727. The van der Waals surface area contributed by atoms with Crippen LogP contribution in [0.25, 0.3) is 0 Å². The van der Waals surface area contributed by atoms with Gasteiger partial charge >= 0.3 is 6.01 Å². The average Bonchev–Trinajstić information content (AvgIpc) is 2.44. The summed E-state index contributed by atoms with van der Waals surface area (Å²) in [7, 11) is -3.16. The Morgan fingerprint density at radius 2 is 1.86 bits per heavy atom. The molecule has 1 fully saturated rings. The van der Waals surface area contributed by atoms with E-state index in [0.29, 0.717) is 38.7 Å². The van der Waals surface area contributed by atoms with E-state index >= 15 is 0 Å². The summed E-state index contributed by atoms with van der Waals surface area (Å²) in [6, 6.07) is 0.199. The SMILES string of the molecule is CCCOc1nc(N)nc(N2CCN(S(C)(=O)=O)CC2)n1. The number of piperazine rings is 1. The summed E-state index contributed by atoms with van der Waals surface area (Å²) in [5, 5.41) is 0. The van der Waals surface area contributed by atoms with Gasteiger partial charge in [-0.25, -0.2) is 8.42 Å². The highest BCUT2D eigenvalue weighted by atomic mass is 32.2. The van der Waals surface area contributed by atoms with Gasteiger partial charge in [0.25, 0.3) is 0 Å². The van der Waals surface area contributed by atoms with E-state index in [-0.39, 0.29) is 12.0 Å². The molecule has 2 rings (SSSR count). The molecule has 1 saturated heterocycles. The van der Waals surface area contributed by atoms with Crippen LogP contribution in [0.1, 0.15) is 13.3 Å². The molecule has 1 aliphatic heterocycles. The molecule has 2 N–H and O–H groups in total. The van der Waals surface area contributed by atoms with Gasteiger partial charge < -0.3 is 15.4 Å². The third kappa shape index (κ3) is 4.14. The molecule has 1 aromatic heterocycles. The van der Waals surface area contributed by atoms with Crippen molar-refractivity contribution in [1.82, 2.24) is 19.3 Å². The smallest absolute Gasteiger partial charge is 0.323 e. The molecule has 0 spiro atoms. The van der Waals surface area contributed by atoms with Crippen molar-refractivity contribution in [3.8, 4) is 6.01 Å². The Bertz CT molecular complexity index is 586. The summed E-state index contributed by atoms with van der Waals surface area (Å²) in [6.45, 7) is 4.29. The minimum Gasteiger partial charge on any atom is -0.463 e. The molecule has 118 valence electrons. The first-order valence-corrected chi connectivity index (χ1v) is 8.59. The largest absolute Gasteiger partial charge is 0.463 e. The van der Waals surface area contributed by atoms with Gasteiger partial charge in [-0.3, -0.25) is 0 Å². The number of nitrogens with zero attached hydrogens (tertiary/aromatic N) is 5.